The van der Waals surface area contributed by atoms with Crippen LogP contribution in [0.1, 0.15) is 39.5 Å². The standard InChI is InChI=1S/C21H33N3O4/c1-4-16(5-2)20(25)24-13-10-17(11-14-24)23-21(26)22-12-15-28-19-8-6-18(27-3)7-9-19/h6-9,16-17H,4-5,10-15H2,1-3H3,(H2,22,23,26). The van der Waals surface area contributed by atoms with Crippen LogP contribution in [-0.2, 0) is 4.79 Å². The van der Waals surface area contributed by atoms with Crippen molar-refractivity contribution < 1.29 is 19.1 Å². The molecular formula is C21H33N3O4. The lowest BCUT2D eigenvalue weighted by Crippen LogP contribution is -2.50. The molecule has 2 rings (SSSR count). The number of likely N-dealkylation sites (tertiary alicyclic amines) is 1. The molecule has 0 atom stereocenters. The SMILES string of the molecule is CCC(CC)C(=O)N1CCC(NC(=O)NCCOc2ccc(OC)cc2)CC1. The topological polar surface area (TPSA) is 79.9 Å². The number of hydrogen-bond donors (Lipinski definition) is 2. The van der Waals surface area contributed by atoms with Gasteiger partial charge in [-0.1, -0.05) is 13.8 Å². The second-order valence-corrected chi connectivity index (χ2v) is 7.04. The highest BCUT2D eigenvalue weighted by atomic mass is 16.5. The number of piperidine rings is 1. The number of carbonyl (C=O) groups is 2. The molecule has 0 bridgehead atoms. The van der Waals surface area contributed by atoms with Crippen LogP contribution in [0.2, 0.25) is 0 Å². The Morgan fingerprint density at radius 2 is 1.71 bits per heavy atom. The van der Waals surface area contributed by atoms with Gasteiger partial charge in [-0.2, -0.15) is 0 Å². The molecule has 0 aliphatic carbocycles. The largest absolute Gasteiger partial charge is 0.497 e. The first-order chi connectivity index (χ1) is 13.6. The number of hydrogen-bond acceptors (Lipinski definition) is 4. The van der Waals surface area contributed by atoms with Crippen molar-refractivity contribution in [3.05, 3.63) is 24.3 Å². The maximum atomic E-state index is 12.4. The van der Waals surface area contributed by atoms with Gasteiger partial charge < -0.3 is 25.0 Å². The lowest BCUT2D eigenvalue weighted by Gasteiger charge is -2.34. The average Bonchev–Trinajstić information content (AvgIpc) is 2.73. The summed E-state index contributed by atoms with van der Waals surface area (Å²) >= 11 is 0. The highest BCUT2D eigenvalue weighted by Gasteiger charge is 2.27. The van der Waals surface area contributed by atoms with Crippen LogP contribution < -0.4 is 20.1 Å². The minimum atomic E-state index is -0.192. The average molecular weight is 392 g/mol. The summed E-state index contributed by atoms with van der Waals surface area (Å²) in [5.41, 5.74) is 0. The predicted octanol–water partition coefficient (Wildman–Crippen LogP) is 2.80. The van der Waals surface area contributed by atoms with Gasteiger partial charge in [-0.25, -0.2) is 4.79 Å². The lowest BCUT2D eigenvalue weighted by molar-refractivity contribution is -0.136. The molecule has 1 aliphatic heterocycles. The molecule has 1 aliphatic rings. The van der Waals surface area contributed by atoms with Gasteiger partial charge in [0.05, 0.1) is 13.7 Å². The number of ether oxygens (including phenoxy) is 2. The normalized spacial score (nSPS) is 14.6. The Bertz CT molecular complexity index is 609. The number of methoxy groups -OCH3 is 1. The molecule has 1 heterocycles. The van der Waals surface area contributed by atoms with E-state index in [9.17, 15) is 9.59 Å². The molecular weight excluding hydrogens is 358 g/mol. The van der Waals surface area contributed by atoms with Crippen LogP contribution in [0, 0.1) is 5.92 Å². The molecule has 1 aromatic rings. The summed E-state index contributed by atoms with van der Waals surface area (Å²) in [4.78, 5) is 26.4. The zero-order valence-corrected chi connectivity index (χ0v) is 17.2. The van der Waals surface area contributed by atoms with E-state index in [-0.39, 0.29) is 23.9 Å². The fraction of sp³-hybridized carbons (Fsp3) is 0.619. The number of urea groups is 1. The van der Waals surface area contributed by atoms with Gasteiger partial charge >= 0.3 is 6.03 Å². The Morgan fingerprint density at radius 1 is 1.11 bits per heavy atom. The zero-order chi connectivity index (χ0) is 20.4. The van der Waals surface area contributed by atoms with Crippen molar-refractivity contribution in [2.45, 2.75) is 45.6 Å². The summed E-state index contributed by atoms with van der Waals surface area (Å²) in [6.07, 6.45) is 3.35. The molecule has 1 saturated heterocycles. The van der Waals surface area contributed by atoms with E-state index in [2.05, 4.69) is 24.5 Å². The molecule has 1 fully saturated rings. The van der Waals surface area contributed by atoms with Crippen molar-refractivity contribution in [3.63, 3.8) is 0 Å². The van der Waals surface area contributed by atoms with Crippen LogP contribution in [0.4, 0.5) is 4.79 Å². The quantitative estimate of drug-likeness (QED) is 0.635. The molecule has 0 spiro atoms. The molecule has 0 saturated carbocycles. The first kappa shape index (κ1) is 21.9. The van der Waals surface area contributed by atoms with Crippen molar-refractivity contribution in [2.75, 3.05) is 33.4 Å². The van der Waals surface area contributed by atoms with Gasteiger partial charge in [0.25, 0.3) is 0 Å². The molecule has 2 N–H and O–H groups in total. The van der Waals surface area contributed by atoms with E-state index in [1.165, 1.54) is 0 Å². The molecule has 1 aromatic carbocycles. The highest BCUT2D eigenvalue weighted by Crippen LogP contribution is 2.18. The Balaban J connectivity index is 1.61. The number of benzene rings is 1. The van der Waals surface area contributed by atoms with Gasteiger partial charge in [0.2, 0.25) is 5.91 Å². The molecule has 156 valence electrons. The zero-order valence-electron chi connectivity index (χ0n) is 17.2. The van der Waals surface area contributed by atoms with E-state index in [1.807, 2.05) is 29.2 Å². The minimum Gasteiger partial charge on any atom is -0.497 e. The van der Waals surface area contributed by atoms with Gasteiger partial charge in [0.1, 0.15) is 18.1 Å². The maximum Gasteiger partial charge on any atom is 0.315 e. The van der Waals surface area contributed by atoms with Crippen molar-refractivity contribution in [1.29, 1.82) is 0 Å². The molecule has 0 aromatic heterocycles. The van der Waals surface area contributed by atoms with E-state index in [1.54, 1.807) is 7.11 Å². The molecule has 28 heavy (non-hydrogen) atoms. The first-order valence-corrected chi connectivity index (χ1v) is 10.2. The fourth-order valence-electron chi connectivity index (χ4n) is 3.38. The van der Waals surface area contributed by atoms with Crippen molar-refractivity contribution in [3.8, 4) is 11.5 Å². The van der Waals surface area contributed by atoms with Crippen LogP contribution in [-0.4, -0.2) is 56.2 Å². The molecule has 3 amide bonds. The fourth-order valence-corrected chi connectivity index (χ4v) is 3.38. The lowest BCUT2D eigenvalue weighted by atomic mass is 9.98. The van der Waals surface area contributed by atoms with Crippen molar-refractivity contribution >= 4 is 11.9 Å². The Labute approximate surface area is 167 Å². The summed E-state index contributed by atoms with van der Waals surface area (Å²) in [6.45, 7) is 6.35. The predicted molar refractivity (Wildman–Crippen MR) is 109 cm³/mol. The number of rotatable bonds is 9. The molecule has 0 radical (unpaired) electrons. The number of amides is 3. The van der Waals surface area contributed by atoms with Gasteiger partial charge in [-0.3, -0.25) is 4.79 Å². The third-order valence-corrected chi connectivity index (χ3v) is 5.19. The van der Waals surface area contributed by atoms with E-state index in [0.29, 0.717) is 26.2 Å². The second-order valence-electron chi connectivity index (χ2n) is 7.04. The summed E-state index contributed by atoms with van der Waals surface area (Å²) in [7, 11) is 1.62. The van der Waals surface area contributed by atoms with Crippen LogP contribution in [0.3, 0.4) is 0 Å². The maximum absolute atomic E-state index is 12.4. The molecule has 7 heteroatoms. The Hall–Kier alpha value is -2.44. The smallest absolute Gasteiger partial charge is 0.315 e. The highest BCUT2D eigenvalue weighted by molar-refractivity contribution is 5.79. The first-order valence-electron chi connectivity index (χ1n) is 10.2. The van der Waals surface area contributed by atoms with E-state index in [4.69, 9.17) is 9.47 Å². The van der Waals surface area contributed by atoms with Crippen LogP contribution in [0.15, 0.2) is 24.3 Å². The van der Waals surface area contributed by atoms with Crippen LogP contribution in [0.5, 0.6) is 11.5 Å². The summed E-state index contributed by atoms with van der Waals surface area (Å²) in [5.74, 6) is 1.89. The van der Waals surface area contributed by atoms with Gasteiger partial charge in [-0.05, 0) is 49.9 Å². The number of nitrogens with one attached hydrogen (secondary N) is 2. The van der Waals surface area contributed by atoms with Gasteiger partial charge in [0, 0.05) is 25.0 Å². The van der Waals surface area contributed by atoms with Crippen molar-refractivity contribution in [2.24, 2.45) is 5.92 Å². The van der Waals surface area contributed by atoms with Gasteiger partial charge in [0.15, 0.2) is 0 Å². The van der Waals surface area contributed by atoms with Crippen molar-refractivity contribution in [1.82, 2.24) is 15.5 Å². The van der Waals surface area contributed by atoms with Gasteiger partial charge in [-0.15, -0.1) is 0 Å². The van der Waals surface area contributed by atoms with E-state index < -0.39 is 0 Å². The summed E-state index contributed by atoms with van der Waals surface area (Å²) in [6, 6.07) is 7.23. The monoisotopic (exact) mass is 391 g/mol. The third kappa shape index (κ3) is 6.62. The molecule has 7 nitrogen and oxygen atoms in total. The molecule has 0 unspecified atom stereocenters. The second kappa shape index (κ2) is 11.4. The Kier molecular flexibility index (Phi) is 8.91. The van der Waals surface area contributed by atoms with E-state index >= 15 is 0 Å². The minimum absolute atomic E-state index is 0.105. The Morgan fingerprint density at radius 3 is 2.29 bits per heavy atom. The third-order valence-electron chi connectivity index (χ3n) is 5.19. The summed E-state index contributed by atoms with van der Waals surface area (Å²) in [5, 5.41) is 5.80. The van der Waals surface area contributed by atoms with Crippen LogP contribution in [0.25, 0.3) is 0 Å². The number of carbonyl (C=O) groups excluding carboxylic acids is 2. The van der Waals surface area contributed by atoms with E-state index in [0.717, 1.165) is 37.2 Å². The van der Waals surface area contributed by atoms with Crippen LogP contribution >= 0.6 is 0 Å². The summed E-state index contributed by atoms with van der Waals surface area (Å²) < 4.78 is 10.7. The number of nitrogens with zero attached hydrogens (tertiary/aromatic N) is 1.